The summed E-state index contributed by atoms with van der Waals surface area (Å²) in [5.41, 5.74) is 2.16. The van der Waals surface area contributed by atoms with Crippen LogP contribution >= 0.6 is 15.9 Å². The lowest BCUT2D eigenvalue weighted by atomic mass is 10.2. The number of rotatable bonds is 6. The molecule has 0 atom stereocenters. The lowest BCUT2D eigenvalue weighted by molar-refractivity contribution is 0.288. The minimum Gasteiger partial charge on any atom is -0.489 e. The topological polar surface area (TPSA) is 31.4 Å². The van der Waals surface area contributed by atoms with Gasteiger partial charge in [0.25, 0.3) is 0 Å². The number of ether oxygens (including phenoxy) is 2. The highest BCUT2D eigenvalue weighted by molar-refractivity contribution is 9.10. The van der Waals surface area contributed by atoms with E-state index in [0.717, 1.165) is 27.1 Å². The van der Waals surface area contributed by atoms with Crippen LogP contribution in [-0.2, 0) is 13.2 Å². The molecule has 0 radical (unpaired) electrons. The van der Waals surface area contributed by atoms with Crippen molar-refractivity contribution in [2.45, 2.75) is 13.2 Å². The predicted octanol–water partition coefficient (Wildman–Crippen LogP) is 5.00. The van der Waals surface area contributed by atoms with Crippen LogP contribution in [0.1, 0.15) is 11.1 Å². The summed E-state index contributed by atoms with van der Waals surface area (Å²) in [6, 6.07) is 19.7. The first-order valence-corrected chi connectivity index (χ1v) is 8.08. The van der Waals surface area contributed by atoms with Gasteiger partial charge in [-0.1, -0.05) is 36.4 Å². The van der Waals surface area contributed by atoms with Gasteiger partial charge in [-0.2, -0.15) is 0 Å². The molecule has 3 rings (SSSR count). The van der Waals surface area contributed by atoms with Crippen LogP contribution in [0.3, 0.4) is 0 Å². The summed E-state index contributed by atoms with van der Waals surface area (Å²) in [6.45, 7) is 0.999. The number of hydrogen-bond donors (Lipinski definition) is 0. The second-order valence-corrected chi connectivity index (χ2v) is 5.87. The molecule has 1 aromatic heterocycles. The molecule has 0 N–H and O–H groups in total. The van der Waals surface area contributed by atoms with Crippen LogP contribution in [-0.4, -0.2) is 4.98 Å². The van der Waals surface area contributed by atoms with Crippen LogP contribution in [0, 0.1) is 0 Å². The molecule has 0 unspecified atom stereocenters. The zero-order valence-electron chi connectivity index (χ0n) is 12.5. The van der Waals surface area contributed by atoms with E-state index in [9.17, 15) is 0 Å². The van der Waals surface area contributed by atoms with Crippen LogP contribution in [0.25, 0.3) is 0 Å². The minimum atomic E-state index is 0.467. The van der Waals surface area contributed by atoms with Gasteiger partial charge in [-0.15, -0.1) is 0 Å². The Morgan fingerprint density at radius 1 is 0.826 bits per heavy atom. The van der Waals surface area contributed by atoms with Gasteiger partial charge in [0.05, 0.1) is 4.47 Å². The Kier molecular flexibility index (Phi) is 5.27. The summed E-state index contributed by atoms with van der Waals surface area (Å²) < 4.78 is 12.6. The average Bonchev–Trinajstić information content (AvgIpc) is 2.62. The third-order valence-electron chi connectivity index (χ3n) is 3.27. The lowest BCUT2D eigenvalue weighted by Crippen LogP contribution is -1.98. The third kappa shape index (κ3) is 4.57. The maximum Gasteiger partial charge on any atom is 0.137 e. The molecule has 0 spiro atoms. The summed E-state index contributed by atoms with van der Waals surface area (Å²) in [4.78, 5) is 4.08. The first kappa shape index (κ1) is 15.6. The molecule has 0 aliphatic rings. The normalized spacial score (nSPS) is 10.3. The van der Waals surface area contributed by atoms with Crippen molar-refractivity contribution in [1.29, 1.82) is 0 Å². The van der Waals surface area contributed by atoms with Gasteiger partial charge >= 0.3 is 0 Å². The molecule has 4 heteroatoms. The molecule has 0 amide bonds. The Morgan fingerprint density at radius 2 is 1.61 bits per heavy atom. The first-order valence-electron chi connectivity index (χ1n) is 7.29. The smallest absolute Gasteiger partial charge is 0.137 e. The van der Waals surface area contributed by atoms with Crippen LogP contribution in [0.2, 0.25) is 0 Å². The van der Waals surface area contributed by atoms with Crippen molar-refractivity contribution >= 4 is 15.9 Å². The van der Waals surface area contributed by atoms with E-state index in [1.807, 2.05) is 60.7 Å². The Balaban J connectivity index is 1.64. The van der Waals surface area contributed by atoms with Crippen molar-refractivity contribution in [2.24, 2.45) is 0 Å². The molecule has 1 heterocycles. The Hall–Kier alpha value is -2.33. The van der Waals surface area contributed by atoms with Gasteiger partial charge in [0, 0.05) is 24.0 Å². The fraction of sp³-hybridized carbons (Fsp3) is 0.105. The van der Waals surface area contributed by atoms with Crippen molar-refractivity contribution in [3.05, 3.63) is 88.7 Å². The monoisotopic (exact) mass is 369 g/mol. The van der Waals surface area contributed by atoms with Gasteiger partial charge in [-0.3, -0.25) is 4.98 Å². The highest BCUT2D eigenvalue weighted by Crippen LogP contribution is 2.30. The second-order valence-electron chi connectivity index (χ2n) is 5.02. The summed E-state index contributed by atoms with van der Waals surface area (Å²) in [5.74, 6) is 1.53. The van der Waals surface area contributed by atoms with E-state index in [4.69, 9.17) is 9.47 Å². The molecule has 3 nitrogen and oxygen atoms in total. The Bertz CT molecular complexity index is 748. The van der Waals surface area contributed by atoms with Crippen LogP contribution in [0.5, 0.6) is 11.5 Å². The Labute approximate surface area is 144 Å². The molecular formula is C19H16BrNO2. The number of benzene rings is 2. The fourth-order valence-corrected chi connectivity index (χ4v) is 2.43. The molecule has 0 aliphatic heterocycles. The number of nitrogens with zero attached hydrogens (tertiary/aromatic N) is 1. The second kappa shape index (κ2) is 7.79. The highest BCUT2D eigenvalue weighted by atomic mass is 79.9. The molecule has 0 bridgehead atoms. The van der Waals surface area contributed by atoms with Crippen molar-refractivity contribution in [2.75, 3.05) is 0 Å². The van der Waals surface area contributed by atoms with E-state index in [-0.39, 0.29) is 0 Å². The van der Waals surface area contributed by atoms with E-state index in [0.29, 0.717) is 13.2 Å². The summed E-state index contributed by atoms with van der Waals surface area (Å²) in [5, 5.41) is 0. The average molecular weight is 370 g/mol. The summed E-state index contributed by atoms with van der Waals surface area (Å²) >= 11 is 3.50. The number of halogens is 1. The molecule has 2 aromatic carbocycles. The van der Waals surface area contributed by atoms with Crippen molar-refractivity contribution in [3.8, 4) is 11.5 Å². The third-order valence-corrected chi connectivity index (χ3v) is 3.92. The molecule has 3 aromatic rings. The van der Waals surface area contributed by atoms with Gasteiger partial charge in [-0.25, -0.2) is 0 Å². The zero-order valence-corrected chi connectivity index (χ0v) is 14.1. The van der Waals surface area contributed by atoms with Gasteiger partial charge in [0.1, 0.15) is 24.7 Å². The summed E-state index contributed by atoms with van der Waals surface area (Å²) in [7, 11) is 0. The van der Waals surface area contributed by atoms with Crippen LogP contribution < -0.4 is 9.47 Å². The summed E-state index contributed by atoms with van der Waals surface area (Å²) in [6.07, 6.45) is 3.54. The van der Waals surface area contributed by atoms with Crippen LogP contribution in [0.4, 0.5) is 0 Å². The van der Waals surface area contributed by atoms with Crippen LogP contribution in [0.15, 0.2) is 77.5 Å². The molecule has 0 aliphatic carbocycles. The SMILES string of the molecule is Brc1ccc(OCc2ccccc2)cc1OCc1cccnc1. The molecule has 116 valence electrons. The van der Waals surface area contributed by atoms with Gasteiger partial charge < -0.3 is 9.47 Å². The quantitative estimate of drug-likeness (QED) is 0.612. The van der Waals surface area contributed by atoms with Gasteiger partial charge in [0.2, 0.25) is 0 Å². The Morgan fingerprint density at radius 3 is 2.39 bits per heavy atom. The first-order chi connectivity index (χ1) is 11.3. The maximum atomic E-state index is 5.85. The minimum absolute atomic E-state index is 0.467. The zero-order chi connectivity index (χ0) is 15.9. The van der Waals surface area contributed by atoms with E-state index >= 15 is 0 Å². The van der Waals surface area contributed by atoms with Crippen molar-refractivity contribution in [3.63, 3.8) is 0 Å². The van der Waals surface area contributed by atoms with E-state index in [2.05, 4.69) is 20.9 Å². The molecule has 0 saturated heterocycles. The molecule has 0 saturated carbocycles. The molecule has 0 fully saturated rings. The largest absolute Gasteiger partial charge is 0.489 e. The van der Waals surface area contributed by atoms with Gasteiger partial charge in [-0.05, 0) is 39.7 Å². The lowest BCUT2D eigenvalue weighted by Gasteiger charge is -2.11. The predicted molar refractivity (Wildman–Crippen MR) is 93.5 cm³/mol. The van der Waals surface area contributed by atoms with Crippen molar-refractivity contribution < 1.29 is 9.47 Å². The molecule has 23 heavy (non-hydrogen) atoms. The standard InChI is InChI=1S/C19H16BrNO2/c20-18-9-8-17(22-13-15-5-2-1-3-6-15)11-19(18)23-14-16-7-4-10-21-12-16/h1-12H,13-14H2. The van der Waals surface area contributed by atoms with E-state index in [1.165, 1.54) is 0 Å². The van der Waals surface area contributed by atoms with Gasteiger partial charge in [0.15, 0.2) is 0 Å². The highest BCUT2D eigenvalue weighted by Gasteiger charge is 2.05. The number of aromatic nitrogens is 1. The number of hydrogen-bond acceptors (Lipinski definition) is 3. The van der Waals surface area contributed by atoms with E-state index < -0.39 is 0 Å². The fourth-order valence-electron chi connectivity index (χ4n) is 2.07. The molecular weight excluding hydrogens is 354 g/mol. The number of pyridine rings is 1. The van der Waals surface area contributed by atoms with Crippen molar-refractivity contribution in [1.82, 2.24) is 4.98 Å². The van der Waals surface area contributed by atoms with E-state index in [1.54, 1.807) is 12.4 Å². The maximum absolute atomic E-state index is 5.85.